The zero-order valence-electron chi connectivity index (χ0n) is 15.2. The number of pyridine rings is 1. The first kappa shape index (κ1) is 17.8. The molecule has 23 heavy (non-hydrogen) atoms. The molecule has 0 radical (unpaired) electrons. The van der Waals surface area contributed by atoms with Crippen LogP contribution in [0.4, 0.5) is 0 Å². The van der Waals surface area contributed by atoms with Gasteiger partial charge in [0.25, 0.3) is 0 Å². The molecule has 0 aliphatic heterocycles. The highest BCUT2D eigenvalue weighted by Crippen LogP contribution is 2.45. The van der Waals surface area contributed by atoms with E-state index in [9.17, 15) is 0 Å². The van der Waals surface area contributed by atoms with Crippen molar-refractivity contribution in [1.82, 2.24) is 15.6 Å². The summed E-state index contributed by atoms with van der Waals surface area (Å²) in [4.78, 5) is 9.14. The minimum absolute atomic E-state index is 0.477. The fourth-order valence-corrected chi connectivity index (χ4v) is 3.45. The number of aliphatic imine (C=N–C) groups is 1. The Labute approximate surface area is 141 Å². The minimum atomic E-state index is 0.477. The normalized spacial score (nSPS) is 17.0. The lowest BCUT2D eigenvalue weighted by atomic mass is 9.64. The van der Waals surface area contributed by atoms with Crippen LogP contribution in [0.15, 0.2) is 23.3 Å². The highest BCUT2D eigenvalue weighted by atomic mass is 15.2. The second kappa shape index (κ2) is 8.32. The average Bonchev–Trinajstić information content (AvgIpc) is 2.48. The number of aryl methyl sites for hydroxylation is 1. The Balaban J connectivity index is 1.95. The fraction of sp³-hybridized carbons (Fsp3) is 0.684. The molecule has 4 heteroatoms. The lowest BCUT2D eigenvalue weighted by Gasteiger charge is -2.43. The first-order valence-electron chi connectivity index (χ1n) is 8.97. The molecule has 1 aromatic rings. The number of guanidine groups is 1. The molecule has 0 bridgehead atoms. The highest BCUT2D eigenvalue weighted by Gasteiger charge is 2.37. The van der Waals surface area contributed by atoms with Gasteiger partial charge in [-0.25, -0.2) is 4.99 Å². The summed E-state index contributed by atoms with van der Waals surface area (Å²) < 4.78 is 0. The highest BCUT2D eigenvalue weighted by molar-refractivity contribution is 5.79. The van der Waals surface area contributed by atoms with Crippen molar-refractivity contribution in [3.63, 3.8) is 0 Å². The lowest BCUT2D eigenvalue weighted by Crippen LogP contribution is -2.47. The smallest absolute Gasteiger partial charge is 0.191 e. The molecule has 0 atom stereocenters. The van der Waals surface area contributed by atoms with Crippen molar-refractivity contribution in [2.75, 3.05) is 13.1 Å². The van der Waals surface area contributed by atoms with Crippen molar-refractivity contribution in [3.8, 4) is 0 Å². The molecular formula is C19H32N4. The summed E-state index contributed by atoms with van der Waals surface area (Å²) in [7, 11) is 0. The van der Waals surface area contributed by atoms with Crippen molar-refractivity contribution in [2.45, 2.75) is 59.9 Å². The monoisotopic (exact) mass is 316 g/mol. The van der Waals surface area contributed by atoms with Crippen LogP contribution in [0, 0.1) is 18.3 Å². The van der Waals surface area contributed by atoms with Crippen LogP contribution < -0.4 is 10.6 Å². The second-order valence-electron chi connectivity index (χ2n) is 7.27. The first-order valence-corrected chi connectivity index (χ1v) is 8.97. The summed E-state index contributed by atoms with van der Waals surface area (Å²) in [6, 6.07) is 4.06. The minimum Gasteiger partial charge on any atom is -0.357 e. The summed E-state index contributed by atoms with van der Waals surface area (Å²) in [6.45, 7) is 11.4. The van der Waals surface area contributed by atoms with Crippen molar-refractivity contribution >= 4 is 5.96 Å². The fourth-order valence-electron chi connectivity index (χ4n) is 3.45. The van der Waals surface area contributed by atoms with Crippen LogP contribution in [0.2, 0.25) is 0 Å². The molecule has 1 fully saturated rings. The van der Waals surface area contributed by atoms with E-state index in [1.54, 1.807) is 0 Å². The van der Waals surface area contributed by atoms with Gasteiger partial charge >= 0.3 is 0 Å². The summed E-state index contributed by atoms with van der Waals surface area (Å²) in [6.07, 6.45) is 7.20. The van der Waals surface area contributed by atoms with Gasteiger partial charge in [-0.3, -0.25) is 4.98 Å². The second-order valence-corrected chi connectivity index (χ2v) is 7.27. The number of hydrogen-bond acceptors (Lipinski definition) is 2. The number of hydrogen-bond donors (Lipinski definition) is 2. The average molecular weight is 316 g/mol. The Morgan fingerprint density at radius 3 is 2.70 bits per heavy atom. The van der Waals surface area contributed by atoms with Gasteiger partial charge in [0, 0.05) is 19.3 Å². The molecule has 0 saturated heterocycles. The maximum absolute atomic E-state index is 4.72. The summed E-state index contributed by atoms with van der Waals surface area (Å²) in [5.74, 6) is 1.67. The van der Waals surface area contributed by atoms with E-state index in [1.165, 1.54) is 31.2 Å². The predicted octanol–water partition coefficient (Wildman–Crippen LogP) is 3.66. The van der Waals surface area contributed by atoms with E-state index in [2.05, 4.69) is 49.4 Å². The molecule has 2 rings (SSSR count). The SMILES string of the molecule is CCNC(=NCc1ncccc1C)NCC1(CC(C)C)CCC1. The van der Waals surface area contributed by atoms with Crippen LogP contribution in [-0.4, -0.2) is 24.0 Å². The third-order valence-electron chi connectivity index (χ3n) is 4.74. The van der Waals surface area contributed by atoms with Gasteiger partial charge in [-0.2, -0.15) is 0 Å². The molecule has 0 spiro atoms. The maximum atomic E-state index is 4.72. The molecule has 0 aromatic carbocycles. The predicted molar refractivity (Wildman–Crippen MR) is 97.5 cm³/mol. The van der Waals surface area contributed by atoms with Crippen LogP contribution >= 0.6 is 0 Å². The van der Waals surface area contributed by atoms with Gasteiger partial charge in [0.2, 0.25) is 0 Å². The summed E-state index contributed by atoms with van der Waals surface area (Å²) >= 11 is 0. The quantitative estimate of drug-likeness (QED) is 0.596. The van der Waals surface area contributed by atoms with E-state index in [-0.39, 0.29) is 0 Å². The van der Waals surface area contributed by atoms with E-state index in [0.717, 1.165) is 30.7 Å². The Bertz CT molecular complexity index is 518. The summed E-state index contributed by atoms with van der Waals surface area (Å²) in [5.41, 5.74) is 2.72. The number of aromatic nitrogens is 1. The molecule has 1 saturated carbocycles. The van der Waals surface area contributed by atoms with Gasteiger partial charge < -0.3 is 10.6 Å². The molecule has 0 amide bonds. The van der Waals surface area contributed by atoms with E-state index in [4.69, 9.17) is 4.99 Å². The molecule has 1 aliphatic carbocycles. The van der Waals surface area contributed by atoms with Crippen LogP contribution in [0.5, 0.6) is 0 Å². The topological polar surface area (TPSA) is 49.3 Å². The molecular weight excluding hydrogens is 284 g/mol. The van der Waals surface area contributed by atoms with Gasteiger partial charge in [-0.1, -0.05) is 26.3 Å². The Kier molecular flexibility index (Phi) is 6.43. The van der Waals surface area contributed by atoms with Gasteiger partial charge in [-0.15, -0.1) is 0 Å². The van der Waals surface area contributed by atoms with Crippen molar-refractivity contribution in [1.29, 1.82) is 0 Å². The van der Waals surface area contributed by atoms with E-state index >= 15 is 0 Å². The van der Waals surface area contributed by atoms with Crippen LogP contribution in [0.25, 0.3) is 0 Å². The Morgan fingerprint density at radius 1 is 1.35 bits per heavy atom. The largest absolute Gasteiger partial charge is 0.357 e. The third-order valence-corrected chi connectivity index (χ3v) is 4.74. The summed E-state index contributed by atoms with van der Waals surface area (Å²) in [5, 5.41) is 6.93. The molecule has 1 heterocycles. The first-order chi connectivity index (χ1) is 11.0. The third kappa shape index (κ3) is 5.22. The van der Waals surface area contributed by atoms with E-state index < -0.39 is 0 Å². The van der Waals surface area contributed by atoms with Gasteiger partial charge in [-0.05, 0) is 56.1 Å². The molecule has 0 unspecified atom stereocenters. The number of nitrogens with one attached hydrogen (secondary N) is 2. The van der Waals surface area contributed by atoms with Crippen molar-refractivity contribution in [3.05, 3.63) is 29.6 Å². The molecule has 128 valence electrons. The molecule has 2 N–H and O–H groups in total. The zero-order chi connectivity index (χ0) is 16.7. The zero-order valence-corrected chi connectivity index (χ0v) is 15.2. The van der Waals surface area contributed by atoms with Crippen LogP contribution in [-0.2, 0) is 6.54 Å². The maximum Gasteiger partial charge on any atom is 0.191 e. The number of rotatable bonds is 7. The standard InChI is InChI=1S/C19H32N4/c1-5-20-18(22-13-17-16(4)8-6-11-21-17)23-14-19(9-7-10-19)12-15(2)3/h6,8,11,15H,5,7,9-10,12-14H2,1-4H3,(H2,20,22,23). The molecule has 4 nitrogen and oxygen atoms in total. The van der Waals surface area contributed by atoms with E-state index in [0.29, 0.717) is 12.0 Å². The Morgan fingerprint density at radius 2 is 2.13 bits per heavy atom. The van der Waals surface area contributed by atoms with Gasteiger partial charge in [0.15, 0.2) is 5.96 Å². The van der Waals surface area contributed by atoms with Crippen molar-refractivity contribution < 1.29 is 0 Å². The van der Waals surface area contributed by atoms with E-state index in [1.807, 2.05) is 12.3 Å². The van der Waals surface area contributed by atoms with Crippen molar-refractivity contribution in [2.24, 2.45) is 16.3 Å². The van der Waals surface area contributed by atoms with Crippen LogP contribution in [0.3, 0.4) is 0 Å². The van der Waals surface area contributed by atoms with Crippen LogP contribution in [0.1, 0.15) is 57.7 Å². The molecule has 1 aliphatic rings. The molecule has 1 aromatic heterocycles. The number of nitrogens with zero attached hydrogens (tertiary/aromatic N) is 2. The lowest BCUT2D eigenvalue weighted by molar-refractivity contribution is 0.104. The van der Waals surface area contributed by atoms with Gasteiger partial charge in [0.05, 0.1) is 12.2 Å². The van der Waals surface area contributed by atoms with Gasteiger partial charge in [0.1, 0.15) is 0 Å². The Hall–Kier alpha value is -1.58.